The van der Waals surface area contributed by atoms with Crippen LogP contribution in [0.15, 0.2) is 24.7 Å². The fourth-order valence-electron chi connectivity index (χ4n) is 1.43. The van der Waals surface area contributed by atoms with Crippen LogP contribution in [0.1, 0.15) is 26.5 Å². The molecule has 3 N–H and O–H groups in total. The second kappa shape index (κ2) is 4.66. The molecule has 94 valence electrons. The van der Waals surface area contributed by atoms with Crippen LogP contribution in [0.5, 0.6) is 0 Å². The van der Waals surface area contributed by atoms with Crippen LogP contribution in [-0.4, -0.2) is 19.9 Å². The van der Waals surface area contributed by atoms with Crippen molar-refractivity contribution in [3.05, 3.63) is 30.4 Å². The van der Waals surface area contributed by atoms with Gasteiger partial charge in [0.25, 0.3) is 0 Å². The van der Waals surface area contributed by atoms with Crippen molar-refractivity contribution in [2.45, 2.75) is 26.2 Å². The first-order valence-electron chi connectivity index (χ1n) is 5.63. The molecule has 0 aromatic carbocycles. The van der Waals surface area contributed by atoms with Crippen molar-refractivity contribution < 1.29 is 0 Å². The molecule has 0 fully saturated rings. The molecule has 2 aromatic heterocycles. The third kappa shape index (κ3) is 2.60. The zero-order valence-corrected chi connectivity index (χ0v) is 10.7. The highest BCUT2D eigenvalue weighted by atomic mass is 15.3. The number of nitrogens with zero attached hydrogens (tertiary/aromatic N) is 4. The summed E-state index contributed by atoms with van der Waals surface area (Å²) in [6, 6.07) is 1.83. The lowest BCUT2D eigenvalue weighted by atomic mass is 9.92. The van der Waals surface area contributed by atoms with Crippen LogP contribution in [0.3, 0.4) is 0 Å². The Labute approximate surface area is 106 Å². The molecule has 0 saturated heterocycles. The number of nitrogens with one attached hydrogen (secondary N) is 1. The van der Waals surface area contributed by atoms with Gasteiger partial charge in [-0.15, -0.1) is 0 Å². The summed E-state index contributed by atoms with van der Waals surface area (Å²) in [6.07, 6.45) is 4.85. The zero-order valence-electron chi connectivity index (χ0n) is 10.7. The van der Waals surface area contributed by atoms with Crippen LogP contribution >= 0.6 is 0 Å². The van der Waals surface area contributed by atoms with E-state index in [1.54, 1.807) is 18.6 Å². The van der Waals surface area contributed by atoms with Gasteiger partial charge in [0, 0.05) is 23.9 Å². The number of aromatic nitrogens is 4. The van der Waals surface area contributed by atoms with Gasteiger partial charge in [-0.2, -0.15) is 0 Å². The van der Waals surface area contributed by atoms with Crippen molar-refractivity contribution >= 4 is 5.82 Å². The Morgan fingerprint density at radius 3 is 2.50 bits per heavy atom. The number of nitrogens with two attached hydrogens (primary N) is 1. The molecule has 6 nitrogen and oxygen atoms in total. The maximum absolute atomic E-state index is 5.43. The van der Waals surface area contributed by atoms with E-state index in [4.69, 9.17) is 5.84 Å². The molecular formula is C12H16N6. The topological polar surface area (TPSA) is 89.6 Å². The quantitative estimate of drug-likeness (QED) is 0.615. The van der Waals surface area contributed by atoms with Crippen LogP contribution in [0.4, 0.5) is 5.82 Å². The van der Waals surface area contributed by atoms with Gasteiger partial charge in [0.1, 0.15) is 11.5 Å². The van der Waals surface area contributed by atoms with Gasteiger partial charge in [0.15, 0.2) is 5.82 Å². The van der Waals surface area contributed by atoms with E-state index in [-0.39, 0.29) is 5.41 Å². The van der Waals surface area contributed by atoms with Gasteiger partial charge in [-0.05, 0) is 0 Å². The van der Waals surface area contributed by atoms with Gasteiger partial charge >= 0.3 is 0 Å². The Balaban J connectivity index is 2.55. The largest absolute Gasteiger partial charge is 0.308 e. The molecular weight excluding hydrogens is 228 g/mol. The third-order valence-electron chi connectivity index (χ3n) is 2.43. The summed E-state index contributed by atoms with van der Waals surface area (Å²) >= 11 is 0. The maximum Gasteiger partial charge on any atom is 0.182 e. The van der Waals surface area contributed by atoms with E-state index in [1.165, 1.54) is 0 Å². The molecule has 0 bridgehead atoms. The minimum absolute atomic E-state index is 0.0918. The highest BCUT2D eigenvalue weighted by Crippen LogP contribution is 2.24. The number of anilines is 1. The van der Waals surface area contributed by atoms with Crippen LogP contribution in [-0.2, 0) is 5.41 Å². The summed E-state index contributed by atoms with van der Waals surface area (Å²) in [5, 5.41) is 0. The van der Waals surface area contributed by atoms with Gasteiger partial charge < -0.3 is 5.43 Å². The number of hydrogen-bond donors (Lipinski definition) is 2. The van der Waals surface area contributed by atoms with Crippen molar-refractivity contribution in [2.24, 2.45) is 5.84 Å². The summed E-state index contributed by atoms with van der Waals surface area (Å²) < 4.78 is 0. The van der Waals surface area contributed by atoms with Gasteiger partial charge in [-0.25, -0.2) is 20.8 Å². The zero-order chi connectivity index (χ0) is 13.2. The molecule has 0 atom stereocenters. The average Bonchev–Trinajstić information content (AvgIpc) is 2.38. The molecule has 2 rings (SSSR count). The lowest BCUT2D eigenvalue weighted by Crippen LogP contribution is -2.17. The minimum atomic E-state index is -0.0918. The normalized spacial score (nSPS) is 11.3. The molecule has 2 aromatic rings. The summed E-state index contributed by atoms with van der Waals surface area (Å²) in [4.78, 5) is 17.0. The Kier molecular flexibility index (Phi) is 3.20. The van der Waals surface area contributed by atoms with E-state index in [2.05, 4.69) is 46.1 Å². The average molecular weight is 244 g/mol. The number of nitrogen functional groups attached to an aromatic ring is 1. The molecule has 0 spiro atoms. The van der Waals surface area contributed by atoms with E-state index in [0.29, 0.717) is 17.3 Å². The number of hydrazine groups is 1. The Bertz CT molecular complexity index is 532. The van der Waals surface area contributed by atoms with Crippen molar-refractivity contribution in [1.82, 2.24) is 19.9 Å². The molecule has 6 heteroatoms. The fourth-order valence-corrected chi connectivity index (χ4v) is 1.43. The van der Waals surface area contributed by atoms with E-state index in [0.717, 1.165) is 5.69 Å². The van der Waals surface area contributed by atoms with Crippen LogP contribution in [0, 0.1) is 0 Å². The third-order valence-corrected chi connectivity index (χ3v) is 2.43. The number of rotatable bonds is 2. The van der Waals surface area contributed by atoms with Crippen molar-refractivity contribution in [3.63, 3.8) is 0 Å². The monoisotopic (exact) mass is 244 g/mol. The predicted octanol–water partition coefficient (Wildman–Crippen LogP) is 1.52. The van der Waals surface area contributed by atoms with E-state index in [1.807, 2.05) is 6.07 Å². The molecule has 0 amide bonds. The van der Waals surface area contributed by atoms with Gasteiger partial charge in [-0.1, -0.05) is 20.8 Å². The summed E-state index contributed by atoms with van der Waals surface area (Å²) in [5.41, 5.74) is 3.98. The van der Waals surface area contributed by atoms with E-state index in [9.17, 15) is 0 Å². The minimum Gasteiger partial charge on any atom is -0.308 e. The smallest absolute Gasteiger partial charge is 0.182 e. The van der Waals surface area contributed by atoms with E-state index < -0.39 is 0 Å². The molecule has 0 aliphatic carbocycles. The number of hydrogen-bond acceptors (Lipinski definition) is 6. The van der Waals surface area contributed by atoms with E-state index >= 15 is 0 Å². The standard InChI is InChI=1S/C12H16N6/c1-12(2,3)9-6-10(18-13)17-11(16-9)8-7-14-4-5-15-8/h4-7H,13H2,1-3H3,(H,16,17,18). The molecule has 0 aliphatic heterocycles. The first kappa shape index (κ1) is 12.4. The van der Waals surface area contributed by atoms with Gasteiger partial charge in [0.2, 0.25) is 0 Å². The molecule has 0 saturated carbocycles. The van der Waals surface area contributed by atoms with Crippen LogP contribution in [0.25, 0.3) is 11.5 Å². The molecule has 2 heterocycles. The summed E-state index contributed by atoms with van der Waals surface area (Å²) in [5.74, 6) is 6.52. The van der Waals surface area contributed by atoms with Crippen molar-refractivity contribution in [1.29, 1.82) is 0 Å². The molecule has 18 heavy (non-hydrogen) atoms. The van der Waals surface area contributed by atoms with Crippen LogP contribution in [0.2, 0.25) is 0 Å². The Hall–Kier alpha value is -2.08. The predicted molar refractivity (Wildman–Crippen MR) is 69.6 cm³/mol. The van der Waals surface area contributed by atoms with Crippen LogP contribution < -0.4 is 11.3 Å². The SMILES string of the molecule is CC(C)(C)c1cc(NN)nc(-c2cnccn2)n1. The lowest BCUT2D eigenvalue weighted by molar-refractivity contribution is 0.568. The first-order chi connectivity index (χ1) is 8.50. The summed E-state index contributed by atoms with van der Waals surface area (Å²) in [6.45, 7) is 6.24. The maximum atomic E-state index is 5.43. The second-order valence-corrected chi connectivity index (χ2v) is 4.95. The highest BCUT2D eigenvalue weighted by Gasteiger charge is 2.18. The fraction of sp³-hybridized carbons (Fsp3) is 0.333. The highest BCUT2D eigenvalue weighted by molar-refractivity contribution is 5.52. The van der Waals surface area contributed by atoms with Crippen molar-refractivity contribution in [2.75, 3.05) is 5.43 Å². The summed E-state index contributed by atoms with van der Waals surface area (Å²) in [7, 11) is 0. The lowest BCUT2D eigenvalue weighted by Gasteiger charge is -2.19. The molecule has 0 radical (unpaired) electrons. The molecule has 0 unspecified atom stereocenters. The Morgan fingerprint density at radius 2 is 1.94 bits per heavy atom. The Morgan fingerprint density at radius 1 is 1.17 bits per heavy atom. The second-order valence-electron chi connectivity index (χ2n) is 4.95. The van der Waals surface area contributed by atoms with Gasteiger partial charge in [0.05, 0.1) is 11.9 Å². The van der Waals surface area contributed by atoms with Gasteiger partial charge in [-0.3, -0.25) is 4.98 Å². The molecule has 0 aliphatic rings. The van der Waals surface area contributed by atoms with Crippen molar-refractivity contribution in [3.8, 4) is 11.5 Å². The first-order valence-corrected chi connectivity index (χ1v) is 5.63.